The molecule has 0 unspecified atom stereocenters. The topological polar surface area (TPSA) is 57.5 Å². The second kappa shape index (κ2) is 3.75. The Bertz CT molecular complexity index is 309. The van der Waals surface area contributed by atoms with Gasteiger partial charge in [0.05, 0.1) is 5.56 Å². The lowest BCUT2D eigenvalue weighted by atomic mass is 10.1. The van der Waals surface area contributed by atoms with E-state index in [-0.39, 0.29) is 11.3 Å². The van der Waals surface area contributed by atoms with E-state index in [0.29, 0.717) is 4.43 Å². The first-order valence-corrected chi connectivity index (χ1v) is 4.79. The lowest BCUT2D eigenvalue weighted by Crippen LogP contribution is -2.00. The number of alkyl halides is 1. The molecular weight excluding hydrogens is 271 g/mol. The maximum atomic E-state index is 10.6. The van der Waals surface area contributed by atoms with E-state index < -0.39 is 5.97 Å². The number of carboxylic acids is 1. The van der Waals surface area contributed by atoms with E-state index in [1.807, 2.05) is 0 Å². The molecule has 0 aliphatic carbocycles. The molecule has 0 aliphatic rings. The monoisotopic (exact) mass is 278 g/mol. The highest BCUT2D eigenvalue weighted by Gasteiger charge is 2.09. The summed E-state index contributed by atoms with van der Waals surface area (Å²) in [6.45, 7) is 0. The maximum Gasteiger partial charge on any atom is 0.336 e. The van der Waals surface area contributed by atoms with Crippen molar-refractivity contribution in [1.82, 2.24) is 0 Å². The average molecular weight is 278 g/mol. The Hall–Kier alpha value is -0.780. The summed E-state index contributed by atoms with van der Waals surface area (Å²) in [5.41, 5.74) is 0.894. The van der Waals surface area contributed by atoms with E-state index in [9.17, 15) is 4.79 Å². The summed E-state index contributed by atoms with van der Waals surface area (Å²) in [5.74, 6) is -1.02. The van der Waals surface area contributed by atoms with Crippen LogP contribution in [0.1, 0.15) is 15.9 Å². The molecule has 1 aromatic carbocycles. The van der Waals surface area contributed by atoms with Gasteiger partial charge in [0.15, 0.2) is 0 Å². The number of hydrogen-bond acceptors (Lipinski definition) is 2. The minimum Gasteiger partial charge on any atom is -0.508 e. The minimum atomic E-state index is -1.00. The highest BCUT2D eigenvalue weighted by atomic mass is 127. The molecule has 0 heterocycles. The van der Waals surface area contributed by atoms with Gasteiger partial charge in [0.25, 0.3) is 0 Å². The van der Waals surface area contributed by atoms with Gasteiger partial charge in [-0.15, -0.1) is 0 Å². The van der Waals surface area contributed by atoms with Crippen LogP contribution in [0.3, 0.4) is 0 Å². The Labute approximate surface area is 83.2 Å². The van der Waals surface area contributed by atoms with Gasteiger partial charge in [-0.25, -0.2) is 4.79 Å². The van der Waals surface area contributed by atoms with Crippen LogP contribution in [0, 0.1) is 0 Å². The summed E-state index contributed by atoms with van der Waals surface area (Å²) in [4.78, 5) is 10.6. The Balaban J connectivity index is 3.21. The SMILES string of the molecule is O=C(O)c1cc(O)ccc1CI. The van der Waals surface area contributed by atoms with Crippen molar-refractivity contribution in [1.29, 1.82) is 0 Å². The average Bonchev–Trinajstić information content (AvgIpc) is 2.04. The van der Waals surface area contributed by atoms with Crippen molar-refractivity contribution in [3.63, 3.8) is 0 Å². The van der Waals surface area contributed by atoms with Crippen molar-refractivity contribution in [2.45, 2.75) is 4.43 Å². The summed E-state index contributed by atoms with van der Waals surface area (Å²) in [7, 11) is 0. The molecule has 0 saturated heterocycles. The van der Waals surface area contributed by atoms with Crippen molar-refractivity contribution in [3.05, 3.63) is 29.3 Å². The molecule has 0 amide bonds. The number of phenolic OH excluding ortho intramolecular Hbond substituents is 1. The van der Waals surface area contributed by atoms with Gasteiger partial charge in [-0.05, 0) is 17.7 Å². The molecule has 64 valence electrons. The van der Waals surface area contributed by atoms with Crippen LogP contribution in [-0.2, 0) is 4.43 Å². The molecule has 0 fully saturated rings. The third-order valence-corrected chi connectivity index (χ3v) is 2.29. The molecule has 1 rings (SSSR count). The number of benzene rings is 1. The fourth-order valence-electron chi connectivity index (χ4n) is 0.880. The smallest absolute Gasteiger partial charge is 0.336 e. The van der Waals surface area contributed by atoms with E-state index in [4.69, 9.17) is 10.2 Å². The molecule has 0 bridgehead atoms. The summed E-state index contributed by atoms with van der Waals surface area (Å²) < 4.78 is 0.625. The number of hydrogen-bond donors (Lipinski definition) is 2. The van der Waals surface area contributed by atoms with Gasteiger partial charge >= 0.3 is 5.97 Å². The van der Waals surface area contributed by atoms with Gasteiger partial charge in [0.2, 0.25) is 0 Å². The zero-order valence-electron chi connectivity index (χ0n) is 6.12. The van der Waals surface area contributed by atoms with Crippen molar-refractivity contribution in [2.24, 2.45) is 0 Å². The molecule has 0 radical (unpaired) electrons. The van der Waals surface area contributed by atoms with Gasteiger partial charge in [0.1, 0.15) is 5.75 Å². The molecule has 12 heavy (non-hydrogen) atoms. The number of carbonyl (C=O) groups is 1. The molecule has 0 spiro atoms. The van der Waals surface area contributed by atoms with Gasteiger partial charge in [-0.2, -0.15) is 0 Å². The summed E-state index contributed by atoms with van der Waals surface area (Å²) in [6.07, 6.45) is 0. The van der Waals surface area contributed by atoms with Crippen molar-refractivity contribution in [2.75, 3.05) is 0 Å². The highest BCUT2D eigenvalue weighted by molar-refractivity contribution is 14.1. The van der Waals surface area contributed by atoms with Gasteiger partial charge in [-0.1, -0.05) is 28.7 Å². The molecule has 2 N–H and O–H groups in total. The van der Waals surface area contributed by atoms with Crippen molar-refractivity contribution < 1.29 is 15.0 Å². The Morgan fingerprint density at radius 3 is 2.67 bits per heavy atom. The number of rotatable bonds is 2. The van der Waals surface area contributed by atoms with Crippen molar-refractivity contribution in [3.8, 4) is 5.75 Å². The van der Waals surface area contributed by atoms with Crippen LogP contribution < -0.4 is 0 Å². The number of aromatic hydroxyl groups is 1. The standard InChI is InChI=1S/C8H7IO3/c9-4-5-1-2-6(10)3-7(5)8(11)12/h1-3,10H,4H2,(H,11,12). The first-order chi connectivity index (χ1) is 5.65. The molecule has 0 aliphatic heterocycles. The molecule has 1 aromatic rings. The fraction of sp³-hybridized carbons (Fsp3) is 0.125. The van der Waals surface area contributed by atoms with Gasteiger partial charge < -0.3 is 10.2 Å². The number of carboxylic acid groups (broad SMARTS) is 1. The summed E-state index contributed by atoms with van der Waals surface area (Å²) >= 11 is 2.08. The predicted molar refractivity (Wildman–Crippen MR) is 52.8 cm³/mol. The third kappa shape index (κ3) is 1.88. The maximum absolute atomic E-state index is 10.6. The normalized spacial score (nSPS) is 9.75. The van der Waals surface area contributed by atoms with Crippen LogP contribution in [0.2, 0.25) is 0 Å². The Kier molecular flexibility index (Phi) is 2.91. The lowest BCUT2D eigenvalue weighted by molar-refractivity contribution is 0.0695. The zero-order chi connectivity index (χ0) is 9.14. The van der Waals surface area contributed by atoms with Crippen LogP contribution in [-0.4, -0.2) is 16.2 Å². The largest absolute Gasteiger partial charge is 0.508 e. The van der Waals surface area contributed by atoms with E-state index in [2.05, 4.69) is 22.6 Å². The summed E-state index contributed by atoms with van der Waals surface area (Å²) in [5, 5.41) is 17.7. The quantitative estimate of drug-likeness (QED) is 0.642. The van der Waals surface area contributed by atoms with E-state index in [0.717, 1.165) is 5.56 Å². The van der Waals surface area contributed by atoms with Crippen LogP contribution >= 0.6 is 22.6 Å². The number of halogens is 1. The molecule has 0 saturated carbocycles. The molecule has 0 aromatic heterocycles. The van der Waals surface area contributed by atoms with E-state index in [1.54, 1.807) is 6.07 Å². The number of aromatic carboxylic acids is 1. The van der Waals surface area contributed by atoms with E-state index in [1.165, 1.54) is 12.1 Å². The fourth-order valence-corrected chi connectivity index (χ4v) is 1.55. The minimum absolute atomic E-state index is 0.0130. The van der Waals surface area contributed by atoms with Crippen LogP contribution in [0.4, 0.5) is 0 Å². The van der Waals surface area contributed by atoms with Gasteiger partial charge in [0, 0.05) is 4.43 Å². The molecular formula is C8H7IO3. The summed E-state index contributed by atoms with van der Waals surface area (Å²) in [6, 6.07) is 4.36. The van der Waals surface area contributed by atoms with Crippen molar-refractivity contribution >= 4 is 28.6 Å². The first kappa shape index (κ1) is 9.31. The highest BCUT2D eigenvalue weighted by Crippen LogP contribution is 2.18. The molecule has 0 atom stereocenters. The third-order valence-electron chi connectivity index (χ3n) is 1.47. The lowest BCUT2D eigenvalue weighted by Gasteiger charge is -2.01. The first-order valence-electron chi connectivity index (χ1n) is 3.26. The zero-order valence-corrected chi connectivity index (χ0v) is 8.28. The predicted octanol–water partition coefficient (Wildman–Crippen LogP) is 2.03. The van der Waals surface area contributed by atoms with Crippen LogP contribution in [0.5, 0.6) is 5.75 Å². The number of phenols is 1. The van der Waals surface area contributed by atoms with E-state index >= 15 is 0 Å². The van der Waals surface area contributed by atoms with Gasteiger partial charge in [-0.3, -0.25) is 0 Å². The molecule has 4 heteroatoms. The Morgan fingerprint density at radius 2 is 2.17 bits per heavy atom. The second-order valence-corrected chi connectivity index (χ2v) is 3.04. The van der Waals surface area contributed by atoms with Crippen LogP contribution in [0.15, 0.2) is 18.2 Å². The molecule has 3 nitrogen and oxygen atoms in total. The second-order valence-electron chi connectivity index (χ2n) is 2.28. The Morgan fingerprint density at radius 1 is 1.50 bits per heavy atom. The van der Waals surface area contributed by atoms with Crippen LogP contribution in [0.25, 0.3) is 0 Å².